The van der Waals surface area contributed by atoms with Gasteiger partial charge in [-0.2, -0.15) is 0 Å². The zero-order valence-corrected chi connectivity index (χ0v) is 14.0. The van der Waals surface area contributed by atoms with Crippen LogP contribution in [0.2, 0.25) is 5.02 Å². The molecule has 2 aromatic carbocycles. The van der Waals surface area contributed by atoms with Crippen LogP contribution in [0.25, 0.3) is 10.3 Å². The molecule has 0 fully saturated rings. The predicted octanol–water partition coefficient (Wildman–Crippen LogP) is 5.23. The first-order valence-electron chi connectivity index (χ1n) is 7.24. The Bertz CT molecular complexity index is 987. The lowest BCUT2D eigenvalue weighted by Crippen LogP contribution is -1.95. The lowest BCUT2D eigenvalue weighted by Gasteiger charge is -2.05. The molecule has 0 aliphatic carbocycles. The lowest BCUT2D eigenvalue weighted by atomic mass is 10.3. The van der Waals surface area contributed by atoms with Crippen molar-refractivity contribution in [3.63, 3.8) is 0 Å². The van der Waals surface area contributed by atoms with Crippen molar-refractivity contribution in [1.82, 2.24) is 15.0 Å². The predicted molar refractivity (Wildman–Crippen MR) is 99.7 cm³/mol. The second-order valence-corrected chi connectivity index (χ2v) is 6.44. The molecule has 2 aromatic heterocycles. The molecule has 4 rings (SSSR count). The van der Waals surface area contributed by atoms with Crippen LogP contribution < -0.4 is 10.6 Å². The Kier molecular flexibility index (Phi) is 3.98. The molecule has 0 aliphatic rings. The van der Waals surface area contributed by atoms with Crippen LogP contribution in [0.4, 0.5) is 22.3 Å². The average Bonchev–Trinajstić information content (AvgIpc) is 2.99. The number of nitrogens with zero attached hydrogens (tertiary/aromatic N) is 3. The van der Waals surface area contributed by atoms with Gasteiger partial charge in [-0.05, 0) is 30.3 Å². The number of halogens is 1. The zero-order chi connectivity index (χ0) is 16.4. The number of fused-ring (bicyclic) bond motifs is 1. The van der Waals surface area contributed by atoms with Crippen LogP contribution >= 0.6 is 22.9 Å². The zero-order valence-electron chi connectivity index (χ0n) is 12.4. The summed E-state index contributed by atoms with van der Waals surface area (Å²) < 4.78 is 0. The molecule has 0 radical (unpaired) electrons. The van der Waals surface area contributed by atoms with Crippen molar-refractivity contribution in [2.45, 2.75) is 0 Å². The smallest absolute Gasteiger partial charge is 0.189 e. The van der Waals surface area contributed by atoms with Crippen LogP contribution in [0.3, 0.4) is 0 Å². The van der Waals surface area contributed by atoms with Crippen LogP contribution in [-0.2, 0) is 0 Å². The molecule has 0 aliphatic heterocycles. The van der Waals surface area contributed by atoms with Crippen molar-refractivity contribution in [2.24, 2.45) is 0 Å². The normalized spacial score (nSPS) is 10.7. The minimum absolute atomic E-state index is 0.652. The van der Waals surface area contributed by atoms with Crippen LogP contribution in [0.15, 0.2) is 60.9 Å². The summed E-state index contributed by atoms with van der Waals surface area (Å²) in [5.74, 6) is 0.652. The Hall–Kier alpha value is -2.70. The highest BCUT2D eigenvalue weighted by Gasteiger charge is 2.11. The summed E-state index contributed by atoms with van der Waals surface area (Å²) in [4.78, 5) is 14.0. The summed E-state index contributed by atoms with van der Waals surface area (Å²) in [6, 6.07) is 17.4. The third-order valence-electron chi connectivity index (χ3n) is 3.31. The fourth-order valence-electron chi connectivity index (χ4n) is 2.25. The second kappa shape index (κ2) is 6.43. The molecule has 0 amide bonds. The second-order valence-electron chi connectivity index (χ2n) is 5.02. The number of anilines is 4. The van der Waals surface area contributed by atoms with E-state index in [1.807, 2.05) is 54.6 Å². The number of para-hydroxylation sites is 1. The van der Waals surface area contributed by atoms with E-state index in [9.17, 15) is 0 Å². The van der Waals surface area contributed by atoms with Crippen molar-refractivity contribution in [2.75, 3.05) is 10.6 Å². The number of nitrogens with one attached hydrogen (secondary N) is 2. The third kappa shape index (κ3) is 3.15. The maximum Gasteiger partial charge on any atom is 0.189 e. The van der Waals surface area contributed by atoms with Gasteiger partial charge in [0.2, 0.25) is 0 Å². The molecule has 24 heavy (non-hydrogen) atoms. The molecular weight excluding hydrogens is 342 g/mol. The topological polar surface area (TPSA) is 62.7 Å². The van der Waals surface area contributed by atoms with Gasteiger partial charge in [-0.3, -0.25) is 0 Å². The highest BCUT2D eigenvalue weighted by molar-refractivity contribution is 7.21. The summed E-state index contributed by atoms with van der Waals surface area (Å²) >= 11 is 7.51. The highest BCUT2D eigenvalue weighted by atomic mass is 35.5. The van der Waals surface area contributed by atoms with Crippen molar-refractivity contribution >= 4 is 55.6 Å². The van der Waals surface area contributed by atoms with E-state index in [0.29, 0.717) is 10.8 Å². The minimum atomic E-state index is 0.652. The number of rotatable bonds is 4. The summed E-state index contributed by atoms with van der Waals surface area (Å²) in [6.07, 6.45) is 1.53. The first-order valence-corrected chi connectivity index (χ1v) is 8.43. The summed E-state index contributed by atoms with van der Waals surface area (Å²) in [5.41, 5.74) is 2.56. The van der Waals surface area contributed by atoms with Crippen LogP contribution in [0.5, 0.6) is 0 Å². The molecule has 2 N–H and O–H groups in total. The van der Waals surface area contributed by atoms with Crippen molar-refractivity contribution < 1.29 is 0 Å². The number of hydrogen-bond donors (Lipinski definition) is 2. The first-order chi connectivity index (χ1) is 11.8. The van der Waals surface area contributed by atoms with Gasteiger partial charge in [0.15, 0.2) is 15.8 Å². The SMILES string of the molecule is Clc1cccc(Nc2ncnc3sc(Nc4ccccc4)nc23)c1. The maximum atomic E-state index is 6.03. The van der Waals surface area contributed by atoms with Gasteiger partial charge in [0.1, 0.15) is 11.8 Å². The van der Waals surface area contributed by atoms with E-state index in [4.69, 9.17) is 11.6 Å². The van der Waals surface area contributed by atoms with Gasteiger partial charge >= 0.3 is 0 Å². The summed E-state index contributed by atoms with van der Waals surface area (Å²) in [5, 5.41) is 7.96. The van der Waals surface area contributed by atoms with Gasteiger partial charge in [0.05, 0.1) is 0 Å². The molecule has 118 valence electrons. The van der Waals surface area contributed by atoms with E-state index in [1.165, 1.54) is 17.7 Å². The fourth-order valence-corrected chi connectivity index (χ4v) is 3.26. The Morgan fingerprint density at radius 1 is 0.875 bits per heavy atom. The Balaban J connectivity index is 1.67. The first kappa shape index (κ1) is 14.9. The van der Waals surface area contributed by atoms with Crippen LogP contribution in [0.1, 0.15) is 0 Å². The van der Waals surface area contributed by atoms with Crippen LogP contribution in [0, 0.1) is 0 Å². The van der Waals surface area contributed by atoms with E-state index in [2.05, 4.69) is 25.6 Å². The fraction of sp³-hybridized carbons (Fsp3) is 0. The molecule has 5 nitrogen and oxygen atoms in total. The molecule has 0 bridgehead atoms. The van der Waals surface area contributed by atoms with E-state index < -0.39 is 0 Å². The monoisotopic (exact) mass is 353 g/mol. The van der Waals surface area contributed by atoms with Crippen LogP contribution in [-0.4, -0.2) is 15.0 Å². The van der Waals surface area contributed by atoms with Gasteiger partial charge in [0.25, 0.3) is 0 Å². The lowest BCUT2D eigenvalue weighted by molar-refractivity contribution is 1.22. The minimum Gasteiger partial charge on any atom is -0.338 e. The molecule has 0 atom stereocenters. The molecule has 0 saturated carbocycles. The van der Waals surface area contributed by atoms with Gasteiger partial charge in [-0.15, -0.1) is 0 Å². The van der Waals surface area contributed by atoms with E-state index in [0.717, 1.165) is 26.9 Å². The molecule has 0 spiro atoms. The third-order valence-corrected chi connectivity index (χ3v) is 4.42. The maximum absolute atomic E-state index is 6.03. The van der Waals surface area contributed by atoms with Gasteiger partial charge < -0.3 is 10.6 Å². The number of thiazole rings is 1. The average molecular weight is 354 g/mol. The standard InChI is InChI=1S/C17H12ClN5S/c18-11-5-4-8-13(9-11)21-15-14-16(20-10-19-15)24-17(23-14)22-12-6-2-1-3-7-12/h1-10H,(H,22,23)(H,19,20,21). The van der Waals surface area contributed by atoms with Crippen molar-refractivity contribution in [3.8, 4) is 0 Å². The van der Waals surface area contributed by atoms with Gasteiger partial charge in [0, 0.05) is 16.4 Å². The Labute approximate surface area is 147 Å². The summed E-state index contributed by atoms with van der Waals surface area (Å²) in [7, 11) is 0. The van der Waals surface area contributed by atoms with E-state index >= 15 is 0 Å². The Morgan fingerprint density at radius 3 is 2.54 bits per heavy atom. The van der Waals surface area contributed by atoms with E-state index in [-0.39, 0.29) is 0 Å². The number of aromatic nitrogens is 3. The Morgan fingerprint density at radius 2 is 1.71 bits per heavy atom. The highest BCUT2D eigenvalue weighted by Crippen LogP contribution is 2.31. The number of benzene rings is 2. The summed E-state index contributed by atoms with van der Waals surface area (Å²) in [6.45, 7) is 0. The van der Waals surface area contributed by atoms with Crippen molar-refractivity contribution in [1.29, 1.82) is 0 Å². The van der Waals surface area contributed by atoms with E-state index in [1.54, 1.807) is 0 Å². The van der Waals surface area contributed by atoms with Crippen molar-refractivity contribution in [3.05, 3.63) is 65.9 Å². The molecule has 0 unspecified atom stereocenters. The molecular formula is C17H12ClN5S. The van der Waals surface area contributed by atoms with Gasteiger partial charge in [-0.25, -0.2) is 15.0 Å². The van der Waals surface area contributed by atoms with Gasteiger partial charge in [-0.1, -0.05) is 47.2 Å². The molecule has 4 aromatic rings. The molecule has 0 saturated heterocycles. The molecule has 7 heteroatoms. The molecule has 2 heterocycles. The quantitative estimate of drug-likeness (QED) is 0.526. The number of hydrogen-bond acceptors (Lipinski definition) is 6. The largest absolute Gasteiger partial charge is 0.338 e.